The van der Waals surface area contributed by atoms with Crippen molar-refractivity contribution in [1.82, 2.24) is 14.9 Å². The number of aromatic nitrogens is 2. The van der Waals surface area contributed by atoms with Gasteiger partial charge in [-0.2, -0.15) is 0 Å². The first-order valence-electron chi connectivity index (χ1n) is 9.02. The molecule has 3 heterocycles. The Morgan fingerprint density at radius 1 is 1.23 bits per heavy atom. The summed E-state index contributed by atoms with van der Waals surface area (Å²) in [5, 5.41) is 3.33. The summed E-state index contributed by atoms with van der Waals surface area (Å²) in [5.74, 6) is 0.944. The first kappa shape index (κ1) is 18.3. The predicted molar refractivity (Wildman–Crippen MR) is 101 cm³/mol. The van der Waals surface area contributed by atoms with Crippen LogP contribution in [0.25, 0.3) is 0 Å². The summed E-state index contributed by atoms with van der Waals surface area (Å²) in [6, 6.07) is 9.82. The van der Waals surface area contributed by atoms with Crippen molar-refractivity contribution in [3.63, 3.8) is 0 Å². The molecule has 1 saturated heterocycles. The van der Waals surface area contributed by atoms with Crippen LogP contribution in [0.4, 0.5) is 11.5 Å². The van der Waals surface area contributed by atoms with Gasteiger partial charge in [0.15, 0.2) is 0 Å². The number of rotatable bonds is 4. The van der Waals surface area contributed by atoms with Crippen LogP contribution >= 0.6 is 0 Å². The fraction of sp³-hybridized carbons (Fsp3) is 0.450. The zero-order valence-corrected chi connectivity index (χ0v) is 15.8. The molecule has 0 radical (unpaired) electrons. The molecule has 26 heavy (non-hydrogen) atoms. The number of carbonyl (C=O) groups is 1. The first-order chi connectivity index (χ1) is 12.4. The molecule has 1 aliphatic heterocycles. The van der Waals surface area contributed by atoms with E-state index in [2.05, 4.69) is 15.3 Å². The van der Waals surface area contributed by atoms with Gasteiger partial charge in [0.05, 0.1) is 18.8 Å². The van der Waals surface area contributed by atoms with Crippen molar-refractivity contribution in [3.8, 4) is 0 Å². The smallest absolute Gasteiger partial charge is 0.225 e. The van der Waals surface area contributed by atoms with Gasteiger partial charge in [0.1, 0.15) is 11.9 Å². The Balaban J connectivity index is 1.79. The van der Waals surface area contributed by atoms with E-state index in [-0.39, 0.29) is 17.9 Å². The lowest BCUT2D eigenvalue weighted by Crippen LogP contribution is -2.44. The maximum atomic E-state index is 12.3. The van der Waals surface area contributed by atoms with Gasteiger partial charge in [-0.15, -0.1) is 0 Å². The third-order valence-electron chi connectivity index (χ3n) is 4.34. The van der Waals surface area contributed by atoms with Crippen molar-refractivity contribution in [2.75, 3.05) is 25.0 Å². The highest BCUT2D eigenvalue weighted by Gasteiger charge is 2.27. The summed E-state index contributed by atoms with van der Waals surface area (Å²) in [6.07, 6.45) is -0.211. The third kappa shape index (κ3) is 4.38. The molecule has 1 N–H and O–H groups in total. The van der Waals surface area contributed by atoms with Crippen LogP contribution in [0, 0.1) is 19.8 Å². The highest BCUT2D eigenvalue weighted by Crippen LogP contribution is 2.26. The molecular formula is C20H26N4O2. The van der Waals surface area contributed by atoms with Crippen molar-refractivity contribution in [2.45, 2.75) is 33.8 Å². The number of amides is 1. The molecule has 138 valence electrons. The summed E-state index contributed by atoms with van der Waals surface area (Å²) < 4.78 is 5.90. The lowest BCUT2D eigenvalue weighted by atomic mass is 10.1. The van der Waals surface area contributed by atoms with Crippen molar-refractivity contribution >= 4 is 17.4 Å². The van der Waals surface area contributed by atoms with E-state index in [4.69, 9.17) is 4.74 Å². The van der Waals surface area contributed by atoms with E-state index < -0.39 is 0 Å². The molecular weight excluding hydrogens is 328 g/mol. The number of carbonyl (C=O) groups excluding carboxylic acids is 1. The maximum Gasteiger partial charge on any atom is 0.225 e. The standard InChI is InChI=1S/C20H26N4O2/c1-13(2)20(25)24-8-9-26-18(12-24)17-11-16(10-15(4)21-17)23-19-7-5-6-14(3)22-19/h5-7,10-11,13,18H,8-9,12H2,1-4H3,(H,21,22,23)/t18-/m1/s1. The van der Waals surface area contributed by atoms with Gasteiger partial charge in [-0.3, -0.25) is 9.78 Å². The number of nitrogens with zero attached hydrogens (tertiary/aromatic N) is 3. The number of hydrogen-bond donors (Lipinski definition) is 1. The molecule has 0 bridgehead atoms. The van der Waals surface area contributed by atoms with Gasteiger partial charge < -0.3 is 15.0 Å². The number of hydrogen-bond acceptors (Lipinski definition) is 5. The predicted octanol–water partition coefficient (Wildman–Crippen LogP) is 3.39. The van der Waals surface area contributed by atoms with Crippen LogP contribution in [0.15, 0.2) is 30.3 Å². The van der Waals surface area contributed by atoms with Crippen LogP contribution in [0.3, 0.4) is 0 Å². The maximum absolute atomic E-state index is 12.3. The summed E-state index contributed by atoms with van der Waals surface area (Å²) in [5.41, 5.74) is 3.61. The average Bonchev–Trinajstić information content (AvgIpc) is 2.60. The minimum Gasteiger partial charge on any atom is -0.368 e. The van der Waals surface area contributed by atoms with E-state index in [1.807, 2.05) is 62.9 Å². The van der Waals surface area contributed by atoms with E-state index in [1.165, 1.54) is 0 Å². The summed E-state index contributed by atoms with van der Waals surface area (Å²) >= 11 is 0. The highest BCUT2D eigenvalue weighted by molar-refractivity contribution is 5.78. The zero-order valence-electron chi connectivity index (χ0n) is 15.8. The largest absolute Gasteiger partial charge is 0.368 e. The number of aryl methyl sites for hydroxylation is 2. The molecule has 0 aromatic carbocycles. The normalized spacial score (nSPS) is 17.4. The van der Waals surface area contributed by atoms with Crippen LogP contribution in [-0.2, 0) is 9.53 Å². The van der Waals surface area contributed by atoms with E-state index in [0.29, 0.717) is 19.7 Å². The quantitative estimate of drug-likeness (QED) is 0.911. The Morgan fingerprint density at radius 3 is 2.77 bits per heavy atom. The SMILES string of the molecule is Cc1cccc(Nc2cc(C)nc([C@H]3CN(C(=O)C(C)C)CCO3)c2)n1. The molecule has 0 unspecified atom stereocenters. The second kappa shape index (κ2) is 7.83. The minimum absolute atomic E-state index is 0.0103. The van der Waals surface area contributed by atoms with Gasteiger partial charge in [-0.1, -0.05) is 19.9 Å². The number of anilines is 2. The average molecular weight is 354 g/mol. The molecule has 1 atom stereocenters. The molecule has 6 heteroatoms. The molecule has 1 fully saturated rings. The lowest BCUT2D eigenvalue weighted by molar-refractivity contribution is -0.142. The van der Waals surface area contributed by atoms with Gasteiger partial charge in [0.25, 0.3) is 0 Å². The van der Waals surface area contributed by atoms with Gasteiger partial charge in [0, 0.05) is 29.5 Å². The molecule has 3 rings (SSSR count). The van der Waals surface area contributed by atoms with Gasteiger partial charge >= 0.3 is 0 Å². The first-order valence-corrected chi connectivity index (χ1v) is 9.02. The van der Waals surface area contributed by atoms with Crippen LogP contribution < -0.4 is 5.32 Å². The molecule has 2 aromatic heterocycles. The Bertz CT molecular complexity index is 791. The Kier molecular flexibility index (Phi) is 5.52. The van der Waals surface area contributed by atoms with Crippen LogP contribution in [-0.4, -0.2) is 40.5 Å². The molecule has 0 aliphatic carbocycles. The number of ether oxygens (including phenoxy) is 1. The fourth-order valence-electron chi connectivity index (χ4n) is 3.09. The third-order valence-corrected chi connectivity index (χ3v) is 4.34. The van der Waals surface area contributed by atoms with Gasteiger partial charge in [-0.25, -0.2) is 4.98 Å². The van der Waals surface area contributed by atoms with Gasteiger partial charge in [0.2, 0.25) is 5.91 Å². The molecule has 1 amide bonds. The summed E-state index contributed by atoms with van der Waals surface area (Å²) in [7, 11) is 0. The van der Waals surface area contributed by atoms with Crippen molar-refractivity contribution in [1.29, 1.82) is 0 Å². The summed E-state index contributed by atoms with van der Waals surface area (Å²) in [4.78, 5) is 23.3. The highest BCUT2D eigenvalue weighted by atomic mass is 16.5. The summed E-state index contributed by atoms with van der Waals surface area (Å²) in [6.45, 7) is 9.47. The Hall–Kier alpha value is -2.47. The lowest BCUT2D eigenvalue weighted by Gasteiger charge is -2.34. The Labute approximate surface area is 154 Å². The van der Waals surface area contributed by atoms with E-state index >= 15 is 0 Å². The van der Waals surface area contributed by atoms with Crippen molar-refractivity contribution in [3.05, 3.63) is 47.4 Å². The molecule has 6 nitrogen and oxygen atoms in total. The van der Waals surface area contributed by atoms with E-state index in [0.717, 1.165) is 28.6 Å². The van der Waals surface area contributed by atoms with E-state index in [1.54, 1.807) is 0 Å². The monoisotopic (exact) mass is 354 g/mol. The molecule has 0 saturated carbocycles. The number of morpholine rings is 1. The second-order valence-electron chi connectivity index (χ2n) is 7.01. The van der Waals surface area contributed by atoms with Crippen molar-refractivity contribution in [2.24, 2.45) is 5.92 Å². The van der Waals surface area contributed by atoms with Crippen LogP contribution in [0.2, 0.25) is 0 Å². The van der Waals surface area contributed by atoms with Crippen LogP contribution in [0.5, 0.6) is 0 Å². The number of pyridine rings is 2. The van der Waals surface area contributed by atoms with E-state index in [9.17, 15) is 4.79 Å². The molecule has 1 aliphatic rings. The van der Waals surface area contributed by atoms with Crippen molar-refractivity contribution < 1.29 is 9.53 Å². The Morgan fingerprint density at radius 2 is 2.04 bits per heavy atom. The van der Waals surface area contributed by atoms with Gasteiger partial charge in [-0.05, 0) is 38.1 Å². The topological polar surface area (TPSA) is 67.4 Å². The minimum atomic E-state index is -0.211. The molecule has 0 spiro atoms. The zero-order chi connectivity index (χ0) is 18.7. The van der Waals surface area contributed by atoms with Crippen LogP contribution in [0.1, 0.15) is 37.0 Å². The molecule has 2 aromatic rings. The second-order valence-corrected chi connectivity index (χ2v) is 7.01. The fourth-order valence-corrected chi connectivity index (χ4v) is 3.09. The number of nitrogens with one attached hydrogen (secondary N) is 1.